The van der Waals surface area contributed by atoms with Crippen LogP contribution in [0.3, 0.4) is 0 Å². The molecule has 3 heterocycles. The van der Waals surface area contributed by atoms with Gasteiger partial charge in [-0.1, -0.05) is 0 Å². The highest BCUT2D eigenvalue weighted by Crippen LogP contribution is 2.20. The van der Waals surface area contributed by atoms with Crippen molar-refractivity contribution in [2.45, 2.75) is 0 Å². The van der Waals surface area contributed by atoms with Crippen LogP contribution in [0.1, 0.15) is 0 Å². The Labute approximate surface area is 177 Å². The van der Waals surface area contributed by atoms with Crippen LogP contribution < -0.4 is 16.4 Å². The fourth-order valence-electron chi connectivity index (χ4n) is 3.00. The normalized spacial score (nSPS) is 10.7. The number of hydrogen-bond acceptors (Lipinski definition) is 8. The van der Waals surface area contributed by atoms with Crippen LogP contribution in [0.15, 0.2) is 85.5 Å². The fourth-order valence-corrected chi connectivity index (χ4v) is 3.00. The molecule has 2 aromatic carbocycles. The van der Waals surface area contributed by atoms with E-state index >= 15 is 0 Å². The molecule has 152 valence electrons. The summed E-state index contributed by atoms with van der Waals surface area (Å²) in [5, 5.41) is 14.7. The van der Waals surface area contributed by atoms with E-state index in [0.717, 1.165) is 22.7 Å². The van der Waals surface area contributed by atoms with Crippen LogP contribution in [-0.4, -0.2) is 34.5 Å². The van der Waals surface area contributed by atoms with Gasteiger partial charge in [-0.2, -0.15) is 25.1 Å². The monoisotopic (exact) mass is 410 g/mol. The Bertz CT molecular complexity index is 1160. The zero-order chi connectivity index (χ0) is 21.0. The molecule has 10 nitrogen and oxygen atoms in total. The first-order chi connectivity index (χ1) is 15.2. The molecule has 3 aromatic heterocycles. The smallest absolute Gasteiger partial charge is 0.233 e. The van der Waals surface area contributed by atoms with Crippen molar-refractivity contribution in [3.05, 3.63) is 85.5 Å². The van der Waals surface area contributed by atoms with Crippen LogP contribution in [0.2, 0.25) is 0 Å². The highest BCUT2D eigenvalue weighted by atomic mass is 15.3. The van der Waals surface area contributed by atoms with Gasteiger partial charge in [0.2, 0.25) is 17.8 Å². The molecule has 0 aliphatic heterocycles. The van der Waals surface area contributed by atoms with Gasteiger partial charge in [-0.3, -0.25) is 0 Å². The first kappa shape index (κ1) is 18.3. The number of nitrogens with two attached hydrogens (primary N) is 1. The van der Waals surface area contributed by atoms with Gasteiger partial charge < -0.3 is 16.4 Å². The zero-order valence-corrected chi connectivity index (χ0v) is 16.3. The molecule has 0 saturated carbocycles. The van der Waals surface area contributed by atoms with Gasteiger partial charge in [0.25, 0.3) is 0 Å². The quantitative estimate of drug-likeness (QED) is 0.389. The lowest BCUT2D eigenvalue weighted by Gasteiger charge is -2.10. The van der Waals surface area contributed by atoms with Crippen molar-refractivity contribution in [1.29, 1.82) is 0 Å². The van der Waals surface area contributed by atoms with E-state index in [2.05, 4.69) is 35.8 Å². The first-order valence-corrected chi connectivity index (χ1v) is 9.49. The molecule has 0 spiro atoms. The second-order valence-electron chi connectivity index (χ2n) is 6.59. The van der Waals surface area contributed by atoms with Crippen molar-refractivity contribution in [3.63, 3.8) is 0 Å². The van der Waals surface area contributed by atoms with E-state index < -0.39 is 0 Å². The van der Waals surface area contributed by atoms with E-state index in [4.69, 9.17) is 5.73 Å². The molecule has 5 aromatic rings. The maximum absolute atomic E-state index is 5.88. The molecule has 0 aliphatic rings. The van der Waals surface area contributed by atoms with Crippen LogP contribution >= 0.6 is 0 Å². The number of aromatic nitrogens is 7. The second kappa shape index (κ2) is 7.95. The number of rotatable bonds is 6. The Kier molecular flexibility index (Phi) is 4.70. The summed E-state index contributed by atoms with van der Waals surface area (Å²) in [5.74, 6) is 0.798. The summed E-state index contributed by atoms with van der Waals surface area (Å²) in [6, 6.07) is 19.2. The van der Waals surface area contributed by atoms with E-state index in [1.54, 1.807) is 21.8 Å². The number of hydrogen-bond donors (Lipinski definition) is 3. The molecule has 4 N–H and O–H groups in total. The molecule has 0 unspecified atom stereocenters. The second-order valence-corrected chi connectivity index (χ2v) is 6.59. The van der Waals surface area contributed by atoms with Crippen LogP contribution in [0, 0.1) is 0 Å². The average Bonchev–Trinajstić information content (AvgIpc) is 3.49. The molecule has 0 bridgehead atoms. The number of nitrogens with zero attached hydrogens (tertiary/aromatic N) is 7. The molecule has 5 rings (SSSR count). The summed E-state index contributed by atoms with van der Waals surface area (Å²) in [5.41, 5.74) is 9.41. The topological polar surface area (TPSA) is 124 Å². The van der Waals surface area contributed by atoms with Crippen LogP contribution in [0.25, 0.3) is 11.4 Å². The Morgan fingerprint density at radius 2 is 1.06 bits per heavy atom. The van der Waals surface area contributed by atoms with Gasteiger partial charge in [0, 0.05) is 36.2 Å². The van der Waals surface area contributed by atoms with Gasteiger partial charge in [0.1, 0.15) is 0 Å². The maximum Gasteiger partial charge on any atom is 0.233 e. The Balaban J connectivity index is 1.31. The Morgan fingerprint density at radius 1 is 0.613 bits per heavy atom. The van der Waals surface area contributed by atoms with Gasteiger partial charge in [-0.25, -0.2) is 9.36 Å². The largest absolute Gasteiger partial charge is 0.368 e. The van der Waals surface area contributed by atoms with Crippen molar-refractivity contribution in [3.8, 4) is 11.4 Å². The highest BCUT2D eigenvalue weighted by molar-refractivity contribution is 5.60. The lowest BCUT2D eigenvalue weighted by Crippen LogP contribution is -2.07. The third-order valence-electron chi connectivity index (χ3n) is 4.44. The van der Waals surface area contributed by atoms with Gasteiger partial charge >= 0.3 is 0 Å². The highest BCUT2D eigenvalue weighted by Gasteiger charge is 2.07. The van der Waals surface area contributed by atoms with Gasteiger partial charge in [0.05, 0.1) is 11.4 Å². The lowest BCUT2D eigenvalue weighted by molar-refractivity contribution is 0.880. The Hall–Kier alpha value is -4.73. The third kappa shape index (κ3) is 4.17. The van der Waals surface area contributed by atoms with Crippen LogP contribution in [0.4, 0.5) is 29.2 Å². The van der Waals surface area contributed by atoms with E-state index in [0.29, 0.717) is 11.9 Å². The van der Waals surface area contributed by atoms with Crippen LogP contribution in [-0.2, 0) is 0 Å². The zero-order valence-electron chi connectivity index (χ0n) is 16.3. The molecule has 0 fully saturated rings. The number of nitrogen functional groups attached to an aromatic ring is 1. The molecule has 0 radical (unpaired) electrons. The van der Waals surface area contributed by atoms with Crippen molar-refractivity contribution in [2.75, 3.05) is 16.4 Å². The standard InChI is InChI=1S/C21H18N10/c22-19-27-20(25-15-3-7-17(8-4-15)30-13-1-11-23-30)29-21(28-19)26-16-5-9-18(10-6-16)31-14-2-12-24-31/h1-14H,(H4,22,25,26,27,28,29). The number of nitrogens with one attached hydrogen (secondary N) is 2. The molecular weight excluding hydrogens is 392 g/mol. The number of anilines is 5. The molecular formula is C21H18N10. The molecule has 0 amide bonds. The average molecular weight is 410 g/mol. The summed E-state index contributed by atoms with van der Waals surface area (Å²) >= 11 is 0. The predicted molar refractivity (Wildman–Crippen MR) is 118 cm³/mol. The van der Waals surface area contributed by atoms with Crippen molar-refractivity contribution in [2.24, 2.45) is 0 Å². The molecule has 0 aliphatic carbocycles. The summed E-state index contributed by atoms with van der Waals surface area (Å²) in [4.78, 5) is 12.7. The molecule has 0 atom stereocenters. The summed E-state index contributed by atoms with van der Waals surface area (Å²) in [6.45, 7) is 0. The summed E-state index contributed by atoms with van der Waals surface area (Å²) in [7, 11) is 0. The third-order valence-corrected chi connectivity index (χ3v) is 4.44. The minimum atomic E-state index is 0.112. The van der Waals surface area contributed by atoms with E-state index in [-0.39, 0.29) is 5.95 Å². The van der Waals surface area contributed by atoms with Gasteiger partial charge in [0.15, 0.2) is 0 Å². The van der Waals surface area contributed by atoms with Crippen molar-refractivity contribution in [1.82, 2.24) is 34.5 Å². The summed E-state index contributed by atoms with van der Waals surface area (Å²) in [6.07, 6.45) is 7.24. The first-order valence-electron chi connectivity index (χ1n) is 9.49. The SMILES string of the molecule is Nc1nc(Nc2ccc(-n3cccn3)cc2)nc(Nc2ccc(-n3cccn3)cc2)n1. The van der Waals surface area contributed by atoms with E-state index in [9.17, 15) is 0 Å². The van der Waals surface area contributed by atoms with E-state index in [1.807, 2.05) is 73.1 Å². The number of benzene rings is 2. The van der Waals surface area contributed by atoms with E-state index in [1.165, 1.54) is 0 Å². The van der Waals surface area contributed by atoms with Crippen LogP contribution in [0.5, 0.6) is 0 Å². The van der Waals surface area contributed by atoms with Crippen molar-refractivity contribution >= 4 is 29.2 Å². The summed E-state index contributed by atoms with van der Waals surface area (Å²) < 4.78 is 3.56. The van der Waals surface area contributed by atoms with Crippen molar-refractivity contribution < 1.29 is 0 Å². The Morgan fingerprint density at radius 3 is 1.45 bits per heavy atom. The molecule has 0 saturated heterocycles. The fraction of sp³-hybridized carbons (Fsp3) is 0. The molecule has 31 heavy (non-hydrogen) atoms. The lowest BCUT2D eigenvalue weighted by atomic mass is 10.3. The predicted octanol–water partition coefficient (Wildman–Crippen LogP) is 3.31. The molecule has 10 heteroatoms. The minimum Gasteiger partial charge on any atom is -0.368 e. The van der Waals surface area contributed by atoms with Gasteiger partial charge in [-0.15, -0.1) is 0 Å². The minimum absolute atomic E-state index is 0.112. The van der Waals surface area contributed by atoms with Gasteiger partial charge in [-0.05, 0) is 60.7 Å². The maximum atomic E-state index is 5.88.